The minimum Gasteiger partial charge on any atom is -0.478 e. The van der Waals surface area contributed by atoms with Crippen LogP contribution in [0.25, 0.3) is 0 Å². The fourth-order valence-electron chi connectivity index (χ4n) is 1.35. The van der Waals surface area contributed by atoms with Crippen molar-refractivity contribution in [3.63, 3.8) is 0 Å². The van der Waals surface area contributed by atoms with E-state index in [4.69, 9.17) is 28.3 Å². The highest BCUT2D eigenvalue weighted by Crippen LogP contribution is 2.32. The first-order valence-electron chi connectivity index (χ1n) is 5.10. The Morgan fingerprint density at radius 1 is 1.30 bits per heavy atom. The summed E-state index contributed by atoms with van der Waals surface area (Å²) in [5.41, 5.74) is 0.0389. The van der Waals surface area contributed by atoms with E-state index < -0.39 is 16.0 Å². The minimum atomic E-state index is -3.90. The van der Waals surface area contributed by atoms with Crippen LogP contribution in [-0.2, 0) is 10.0 Å². The summed E-state index contributed by atoms with van der Waals surface area (Å²) < 4.78 is 26.4. The van der Waals surface area contributed by atoms with Gasteiger partial charge < -0.3 is 5.11 Å². The second kappa shape index (κ2) is 5.61. The van der Waals surface area contributed by atoms with Gasteiger partial charge in [-0.25, -0.2) is 13.2 Å². The fourth-order valence-corrected chi connectivity index (χ4v) is 3.98. The van der Waals surface area contributed by atoms with E-state index in [-0.39, 0.29) is 25.5 Å². The van der Waals surface area contributed by atoms with Crippen molar-refractivity contribution in [1.82, 2.24) is 0 Å². The second-order valence-corrected chi connectivity index (χ2v) is 7.27. The largest absolute Gasteiger partial charge is 0.478 e. The summed E-state index contributed by atoms with van der Waals surface area (Å²) in [6.07, 6.45) is 0. The maximum atomic E-state index is 12.1. The zero-order valence-corrected chi connectivity index (χ0v) is 12.8. The van der Waals surface area contributed by atoms with Gasteiger partial charge in [0.15, 0.2) is 0 Å². The van der Waals surface area contributed by atoms with E-state index in [1.807, 2.05) is 0 Å². The predicted octanol–water partition coefficient (Wildman–Crippen LogP) is 3.55. The average molecular weight is 352 g/mol. The maximum Gasteiger partial charge on any atom is 0.336 e. The van der Waals surface area contributed by atoms with Gasteiger partial charge in [-0.3, -0.25) is 4.72 Å². The first kappa shape index (κ1) is 15.1. The van der Waals surface area contributed by atoms with Crippen LogP contribution >= 0.6 is 34.5 Å². The lowest BCUT2D eigenvalue weighted by Gasteiger charge is -2.08. The molecule has 0 saturated heterocycles. The number of anilines is 1. The van der Waals surface area contributed by atoms with Crippen LogP contribution in [-0.4, -0.2) is 19.5 Å². The van der Waals surface area contributed by atoms with Gasteiger partial charge in [0.2, 0.25) is 0 Å². The lowest BCUT2D eigenvalue weighted by atomic mass is 10.3. The topological polar surface area (TPSA) is 83.5 Å². The molecular weight excluding hydrogens is 345 g/mol. The van der Waals surface area contributed by atoms with Gasteiger partial charge in [0.1, 0.15) is 4.21 Å². The molecule has 0 spiro atoms. The first-order chi connectivity index (χ1) is 9.31. The van der Waals surface area contributed by atoms with Gasteiger partial charge in [0, 0.05) is 5.38 Å². The molecule has 0 saturated carbocycles. The Hall–Kier alpha value is -1.28. The molecular formula is C11H7Cl2NO4S2. The zero-order valence-electron chi connectivity index (χ0n) is 9.63. The summed E-state index contributed by atoms with van der Waals surface area (Å²) in [7, 11) is -3.90. The number of nitrogens with one attached hydrogen (secondary N) is 1. The Labute approximate surface area is 128 Å². The van der Waals surface area contributed by atoms with E-state index >= 15 is 0 Å². The molecule has 1 heterocycles. The van der Waals surface area contributed by atoms with Crippen LogP contribution in [0.4, 0.5) is 5.69 Å². The fraction of sp³-hybridized carbons (Fsp3) is 0. The number of carbonyl (C=O) groups is 1. The third-order valence-corrected chi connectivity index (χ3v) is 5.91. The van der Waals surface area contributed by atoms with E-state index in [1.165, 1.54) is 17.5 Å². The molecule has 0 aliphatic heterocycles. The Morgan fingerprint density at radius 3 is 2.60 bits per heavy atom. The number of thiophene rings is 1. The number of sulfonamides is 1. The highest BCUT2D eigenvalue weighted by Gasteiger charge is 2.20. The van der Waals surface area contributed by atoms with Crippen molar-refractivity contribution in [3.05, 3.63) is 45.3 Å². The quantitative estimate of drug-likeness (QED) is 0.881. The number of carboxylic acid groups (broad SMARTS) is 1. The van der Waals surface area contributed by atoms with Crippen LogP contribution in [0.1, 0.15) is 10.4 Å². The van der Waals surface area contributed by atoms with Gasteiger partial charge in [-0.1, -0.05) is 29.3 Å². The summed E-state index contributed by atoms with van der Waals surface area (Å²) >= 11 is 12.5. The Bertz CT molecular complexity index is 770. The van der Waals surface area contributed by atoms with Crippen LogP contribution in [0.3, 0.4) is 0 Å². The van der Waals surface area contributed by atoms with Gasteiger partial charge in [-0.2, -0.15) is 0 Å². The number of hydrogen-bond acceptors (Lipinski definition) is 4. The van der Waals surface area contributed by atoms with E-state index in [0.29, 0.717) is 0 Å². The summed E-state index contributed by atoms with van der Waals surface area (Å²) in [6, 6.07) is 5.60. The molecule has 0 unspecified atom stereocenters. The highest BCUT2D eigenvalue weighted by atomic mass is 35.5. The zero-order chi connectivity index (χ0) is 14.9. The molecule has 0 bridgehead atoms. The van der Waals surface area contributed by atoms with Crippen molar-refractivity contribution in [1.29, 1.82) is 0 Å². The summed E-state index contributed by atoms with van der Waals surface area (Å²) in [5.74, 6) is -1.19. The summed E-state index contributed by atoms with van der Waals surface area (Å²) in [6.45, 7) is 0. The number of aromatic carboxylic acids is 1. The van der Waals surface area contributed by atoms with Crippen LogP contribution in [0.15, 0.2) is 33.9 Å². The molecule has 0 aliphatic carbocycles. The van der Waals surface area contributed by atoms with Crippen LogP contribution in [0.5, 0.6) is 0 Å². The monoisotopic (exact) mass is 351 g/mol. The van der Waals surface area contributed by atoms with Gasteiger partial charge in [0.25, 0.3) is 10.0 Å². The second-order valence-electron chi connectivity index (χ2n) is 3.67. The number of carboxylic acids is 1. The molecule has 1 aromatic carbocycles. The first-order valence-corrected chi connectivity index (χ1v) is 8.22. The molecule has 0 amide bonds. The molecule has 0 radical (unpaired) electrons. The maximum absolute atomic E-state index is 12.1. The molecule has 1 aromatic heterocycles. The summed E-state index contributed by atoms with van der Waals surface area (Å²) in [5, 5.41) is 10.3. The van der Waals surface area contributed by atoms with E-state index in [2.05, 4.69) is 4.72 Å². The number of hydrogen-bond donors (Lipinski definition) is 2. The van der Waals surface area contributed by atoms with Crippen LogP contribution in [0, 0.1) is 0 Å². The van der Waals surface area contributed by atoms with Crippen molar-refractivity contribution < 1.29 is 18.3 Å². The van der Waals surface area contributed by atoms with E-state index in [9.17, 15) is 13.2 Å². The van der Waals surface area contributed by atoms with Gasteiger partial charge in [-0.05, 0) is 18.2 Å². The van der Waals surface area contributed by atoms with Crippen LogP contribution in [0.2, 0.25) is 10.0 Å². The summed E-state index contributed by atoms with van der Waals surface area (Å²) in [4.78, 5) is 10.8. The smallest absolute Gasteiger partial charge is 0.336 e. The lowest BCUT2D eigenvalue weighted by Crippen LogP contribution is -2.12. The van der Waals surface area contributed by atoms with E-state index in [1.54, 1.807) is 6.07 Å². The Morgan fingerprint density at radius 2 is 2.00 bits per heavy atom. The lowest BCUT2D eigenvalue weighted by molar-refractivity contribution is 0.0697. The SMILES string of the molecule is O=C(O)c1csc(S(=O)(=O)Nc2cccc(Cl)c2Cl)c1. The molecule has 106 valence electrons. The third kappa shape index (κ3) is 3.06. The number of rotatable bonds is 4. The van der Waals surface area contributed by atoms with Crippen LogP contribution < -0.4 is 4.72 Å². The average Bonchev–Trinajstić information content (AvgIpc) is 2.85. The van der Waals surface area contributed by atoms with Crippen molar-refractivity contribution in [2.24, 2.45) is 0 Å². The molecule has 0 atom stereocenters. The Kier molecular flexibility index (Phi) is 4.24. The highest BCUT2D eigenvalue weighted by molar-refractivity contribution is 7.94. The number of halogens is 2. The van der Waals surface area contributed by atoms with E-state index in [0.717, 1.165) is 17.4 Å². The molecule has 2 rings (SSSR count). The molecule has 0 aliphatic rings. The molecule has 0 fully saturated rings. The predicted molar refractivity (Wildman–Crippen MR) is 78.5 cm³/mol. The molecule has 2 N–H and O–H groups in total. The van der Waals surface area contributed by atoms with Gasteiger partial charge >= 0.3 is 5.97 Å². The van der Waals surface area contributed by atoms with Gasteiger partial charge in [-0.15, -0.1) is 11.3 Å². The third-order valence-electron chi connectivity index (χ3n) is 2.28. The van der Waals surface area contributed by atoms with Crippen molar-refractivity contribution in [3.8, 4) is 0 Å². The minimum absolute atomic E-state index is 0.0766. The standard InChI is InChI=1S/C11H7Cl2NO4S2/c12-7-2-1-3-8(10(7)13)14-20(17,18)9-4-6(5-19-9)11(15)16/h1-5,14H,(H,15,16). The van der Waals surface area contributed by atoms with Crippen molar-refractivity contribution >= 4 is 56.2 Å². The Balaban J connectivity index is 2.35. The molecule has 5 nitrogen and oxygen atoms in total. The van der Waals surface area contributed by atoms with Gasteiger partial charge in [0.05, 0.1) is 21.3 Å². The normalized spacial score (nSPS) is 11.3. The van der Waals surface area contributed by atoms with Crippen molar-refractivity contribution in [2.75, 3.05) is 4.72 Å². The molecule has 9 heteroatoms. The molecule has 2 aromatic rings. The number of benzene rings is 1. The van der Waals surface area contributed by atoms with Crippen molar-refractivity contribution in [2.45, 2.75) is 4.21 Å². The molecule has 20 heavy (non-hydrogen) atoms.